The molecule has 0 unspecified atom stereocenters. The number of hydrogen-bond acceptors (Lipinski definition) is 7. The van der Waals surface area contributed by atoms with Gasteiger partial charge in [0.2, 0.25) is 10.0 Å². The lowest BCUT2D eigenvalue weighted by molar-refractivity contribution is -0.140. The van der Waals surface area contributed by atoms with Crippen molar-refractivity contribution in [1.29, 1.82) is 0 Å². The number of carbonyl (C=O) groups excluding carboxylic acids is 2. The van der Waals surface area contributed by atoms with Gasteiger partial charge in [0.1, 0.15) is 6.23 Å². The molecule has 172 valence electrons. The molecule has 0 aromatic heterocycles. The van der Waals surface area contributed by atoms with Crippen LogP contribution in [0, 0.1) is 0 Å². The van der Waals surface area contributed by atoms with Crippen molar-refractivity contribution in [3.63, 3.8) is 0 Å². The van der Waals surface area contributed by atoms with E-state index in [9.17, 15) is 18.0 Å². The van der Waals surface area contributed by atoms with Gasteiger partial charge in [0.15, 0.2) is 11.5 Å². The molecule has 0 spiro atoms. The topological polar surface area (TPSA) is 123 Å². The summed E-state index contributed by atoms with van der Waals surface area (Å²) in [6.07, 6.45) is 3.38. The van der Waals surface area contributed by atoms with Crippen molar-refractivity contribution < 1.29 is 32.2 Å². The lowest BCUT2D eigenvalue weighted by Crippen LogP contribution is -2.53. The average molecular weight is 456 g/mol. The van der Waals surface area contributed by atoms with Gasteiger partial charge in [-0.15, -0.1) is 0 Å². The first-order valence-corrected chi connectivity index (χ1v) is 11.7. The van der Waals surface area contributed by atoms with Crippen molar-refractivity contribution in [2.75, 3.05) is 33.9 Å². The fourth-order valence-electron chi connectivity index (χ4n) is 3.80. The van der Waals surface area contributed by atoms with Gasteiger partial charge in [0.25, 0.3) is 0 Å². The SMILES string of the molecule is COc1ccc(S(=O)(=O)N2CCCO[C@H]2CNC(=O)C(=O)NC2CCCC2)cc1OC. The largest absolute Gasteiger partial charge is 0.493 e. The summed E-state index contributed by atoms with van der Waals surface area (Å²) in [7, 11) is -1.05. The lowest BCUT2D eigenvalue weighted by Gasteiger charge is -2.34. The molecule has 2 amide bonds. The molecule has 1 saturated carbocycles. The van der Waals surface area contributed by atoms with E-state index in [1.165, 1.54) is 36.7 Å². The fraction of sp³-hybridized carbons (Fsp3) is 0.600. The zero-order chi connectivity index (χ0) is 22.4. The predicted octanol–water partition coefficient (Wildman–Crippen LogP) is 0.616. The highest BCUT2D eigenvalue weighted by molar-refractivity contribution is 7.89. The third-order valence-electron chi connectivity index (χ3n) is 5.45. The number of hydrogen-bond donors (Lipinski definition) is 2. The number of sulfonamides is 1. The second kappa shape index (κ2) is 10.3. The van der Waals surface area contributed by atoms with Gasteiger partial charge in [-0.05, 0) is 31.4 Å². The maximum atomic E-state index is 13.2. The number of ether oxygens (including phenoxy) is 3. The summed E-state index contributed by atoms with van der Waals surface area (Å²) in [5.74, 6) is -0.815. The number of amides is 2. The van der Waals surface area contributed by atoms with Crippen molar-refractivity contribution >= 4 is 21.8 Å². The minimum Gasteiger partial charge on any atom is -0.493 e. The Hall–Kier alpha value is -2.37. The van der Waals surface area contributed by atoms with Crippen molar-refractivity contribution in [2.24, 2.45) is 0 Å². The smallest absolute Gasteiger partial charge is 0.309 e. The Morgan fingerprint density at radius 2 is 1.81 bits per heavy atom. The molecule has 10 nitrogen and oxygen atoms in total. The molecule has 11 heteroatoms. The zero-order valence-corrected chi connectivity index (χ0v) is 18.6. The number of nitrogens with zero attached hydrogens (tertiary/aromatic N) is 1. The molecule has 2 aliphatic rings. The summed E-state index contributed by atoms with van der Waals surface area (Å²) in [4.78, 5) is 24.3. The van der Waals surface area contributed by atoms with Crippen LogP contribution in [0.3, 0.4) is 0 Å². The molecule has 1 aromatic carbocycles. The highest BCUT2D eigenvalue weighted by Gasteiger charge is 2.35. The minimum atomic E-state index is -3.93. The molecule has 1 heterocycles. The number of carbonyl (C=O) groups is 2. The van der Waals surface area contributed by atoms with Gasteiger partial charge < -0.3 is 24.8 Å². The van der Waals surface area contributed by atoms with E-state index < -0.39 is 28.1 Å². The van der Waals surface area contributed by atoms with Crippen LogP contribution >= 0.6 is 0 Å². The molecule has 1 aliphatic carbocycles. The maximum absolute atomic E-state index is 13.2. The minimum absolute atomic E-state index is 0.0194. The summed E-state index contributed by atoms with van der Waals surface area (Å²) >= 11 is 0. The standard InChI is InChI=1S/C20H29N3O7S/c1-28-16-9-8-15(12-17(16)29-2)31(26,27)23-10-5-11-30-18(23)13-21-19(24)20(25)22-14-6-3-4-7-14/h8-9,12,14,18H,3-7,10-11,13H2,1-2H3,(H,21,24)(H,22,25)/t18-/m0/s1. The Bertz CT molecular complexity index is 900. The van der Waals surface area contributed by atoms with E-state index in [1.54, 1.807) is 0 Å². The number of rotatable bonds is 7. The molecule has 2 fully saturated rings. The summed E-state index contributed by atoms with van der Waals surface area (Å²) in [6.45, 7) is 0.446. The molecule has 3 rings (SSSR count). The molecule has 1 saturated heterocycles. The second-order valence-corrected chi connectivity index (χ2v) is 9.37. The van der Waals surface area contributed by atoms with Gasteiger partial charge in [0, 0.05) is 18.7 Å². The van der Waals surface area contributed by atoms with Gasteiger partial charge in [-0.2, -0.15) is 4.31 Å². The summed E-state index contributed by atoms with van der Waals surface area (Å²) in [5.41, 5.74) is 0. The normalized spacial score (nSPS) is 20.3. The quantitative estimate of drug-likeness (QED) is 0.578. The number of benzene rings is 1. The Labute approximate surface area is 182 Å². The summed E-state index contributed by atoms with van der Waals surface area (Å²) in [5, 5.41) is 5.20. The molecule has 2 N–H and O–H groups in total. The lowest BCUT2D eigenvalue weighted by atomic mass is 10.2. The fourth-order valence-corrected chi connectivity index (χ4v) is 5.38. The summed E-state index contributed by atoms with van der Waals surface area (Å²) < 4.78 is 43.6. The second-order valence-electron chi connectivity index (χ2n) is 7.48. The third kappa shape index (κ3) is 5.46. The van der Waals surface area contributed by atoms with E-state index in [0.717, 1.165) is 25.7 Å². The Balaban J connectivity index is 1.68. The predicted molar refractivity (Wildman–Crippen MR) is 111 cm³/mol. The Morgan fingerprint density at radius 3 is 2.48 bits per heavy atom. The van der Waals surface area contributed by atoms with Crippen LogP contribution in [0.5, 0.6) is 11.5 Å². The molecular weight excluding hydrogens is 426 g/mol. The van der Waals surface area contributed by atoms with Gasteiger partial charge in [-0.1, -0.05) is 12.8 Å². The third-order valence-corrected chi connectivity index (χ3v) is 7.33. The van der Waals surface area contributed by atoms with Crippen LogP contribution in [-0.4, -0.2) is 70.7 Å². The van der Waals surface area contributed by atoms with Crippen LogP contribution in [-0.2, 0) is 24.3 Å². The highest BCUT2D eigenvalue weighted by Crippen LogP contribution is 2.31. The molecule has 31 heavy (non-hydrogen) atoms. The van der Waals surface area contributed by atoms with E-state index in [2.05, 4.69) is 10.6 Å². The van der Waals surface area contributed by atoms with Gasteiger partial charge >= 0.3 is 11.8 Å². The van der Waals surface area contributed by atoms with Crippen LogP contribution in [0.2, 0.25) is 0 Å². The van der Waals surface area contributed by atoms with Crippen LogP contribution < -0.4 is 20.1 Å². The van der Waals surface area contributed by atoms with Gasteiger partial charge in [-0.3, -0.25) is 9.59 Å². The monoisotopic (exact) mass is 455 g/mol. The van der Waals surface area contributed by atoms with Gasteiger partial charge in [-0.25, -0.2) is 8.42 Å². The maximum Gasteiger partial charge on any atom is 0.309 e. The molecule has 1 aliphatic heterocycles. The molecule has 1 aromatic rings. The van der Waals surface area contributed by atoms with E-state index in [-0.39, 0.29) is 29.8 Å². The number of methoxy groups -OCH3 is 2. The molecule has 1 atom stereocenters. The van der Waals surface area contributed by atoms with Crippen molar-refractivity contribution in [3.05, 3.63) is 18.2 Å². The van der Waals surface area contributed by atoms with E-state index in [1.807, 2.05) is 0 Å². The first-order chi connectivity index (χ1) is 14.9. The Morgan fingerprint density at radius 1 is 1.10 bits per heavy atom. The zero-order valence-electron chi connectivity index (χ0n) is 17.8. The number of nitrogens with one attached hydrogen (secondary N) is 2. The average Bonchev–Trinajstić information content (AvgIpc) is 3.30. The molecule has 0 radical (unpaired) electrons. The highest BCUT2D eigenvalue weighted by atomic mass is 32.2. The summed E-state index contributed by atoms with van der Waals surface area (Å²) in [6, 6.07) is 4.34. The van der Waals surface area contributed by atoms with Crippen molar-refractivity contribution in [2.45, 2.75) is 49.3 Å². The van der Waals surface area contributed by atoms with Crippen molar-refractivity contribution in [3.8, 4) is 11.5 Å². The van der Waals surface area contributed by atoms with E-state index >= 15 is 0 Å². The van der Waals surface area contributed by atoms with E-state index in [0.29, 0.717) is 18.8 Å². The molecule has 0 bridgehead atoms. The molecular formula is C20H29N3O7S. The van der Waals surface area contributed by atoms with Crippen LogP contribution in [0.15, 0.2) is 23.1 Å². The van der Waals surface area contributed by atoms with Crippen LogP contribution in [0.4, 0.5) is 0 Å². The Kier molecular flexibility index (Phi) is 7.74. The van der Waals surface area contributed by atoms with Gasteiger partial charge in [0.05, 0.1) is 32.3 Å². The van der Waals surface area contributed by atoms with Crippen LogP contribution in [0.25, 0.3) is 0 Å². The van der Waals surface area contributed by atoms with Crippen LogP contribution in [0.1, 0.15) is 32.1 Å². The van der Waals surface area contributed by atoms with E-state index in [4.69, 9.17) is 14.2 Å². The first-order valence-electron chi connectivity index (χ1n) is 10.3. The van der Waals surface area contributed by atoms with Crippen molar-refractivity contribution in [1.82, 2.24) is 14.9 Å². The first kappa shape index (κ1) is 23.3.